The monoisotopic (exact) mass is 338 g/mol. The molecule has 2 fully saturated rings. The molecule has 23 heavy (non-hydrogen) atoms. The highest BCUT2D eigenvalue weighted by Gasteiger charge is 2.41. The van der Waals surface area contributed by atoms with Crippen molar-refractivity contribution in [2.75, 3.05) is 26.7 Å². The molecule has 0 saturated carbocycles. The van der Waals surface area contributed by atoms with Gasteiger partial charge in [0.2, 0.25) is 5.91 Å². The maximum absolute atomic E-state index is 12.1. The highest BCUT2D eigenvalue weighted by molar-refractivity contribution is 7.13. The van der Waals surface area contributed by atoms with Gasteiger partial charge < -0.3 is 9.64 Å². The Morgan fingerprint density at radius 1 is 1.26 bits per heavy atom. The Morgan fingerprint density at radius 3 is 2.61 bits per heavy atom. The van der Waals surface area contributed by atoms with Gasteiger partial charge in [-0.3, -0.25) is 9.69 Å². The van der Waals surface area contributed by atoms with Crippen molar-refractivity contribution in [3.63, 3.8) is 0 Å². The fourth-order valence-corrected chi connectivity index (χ4v) is 4.38. The number of hydrogen-bond acceptors (Lipinski definition) is 6. The number of amides is 1. The van der Waals surface area contributed by atoms with Crippen molar-refractivity contribution in [2.24, 2.45) is 5.41 Å². The Kier molecular flexibility index (Phi) is 4.87. The second kappa shape index (κ2) is 6.73. The van der Waals surface area contributed by atoms with E-state index < -0.39 is 0 Å². The van der Waals surface area contributed by atoms with E-state index >= 15 is 0 Å². The molecule has 0 unspecified atom stereocenters. The molecule has 0 N–H and O–H groups in total. The van der Waals surface area contributed by atoms with E-state index in [0.717, 1.165) is 37.6 Å². The summed E-state index contributed by atoms with van der Waals surface area (Å²) in [7, 11) is 1.62. The number of methoxy groups -OCH3 is 1. The van der Waals surface area contributed by atoms with Gasteiger partial charge in [-0.25, -0.2) is 0 Å². The lowest BCUT2D eigenvalue weighted by Crippen LogP contribution is -2.53. The summed E-state index contributed by atoms with van der Waals surface area (Å²) in [6, 6.07) is 0.312. The maximum Gasteiger partial charge on any atom is 0.293 e. The highest BCUT2D eigenvalue weighted by Crippen LogP contribution is 2.41. The third kappa shape index (κ3) is 3.66. The van der Waals surface area contributed by atoms with Crippen molar-refractivity contribution in [2.45, 2.75) is 52.1 Å². The van der Waals surface area contributed by atoms with Crippen LogP contribution in [0.15, 0.2) is 0 Å². The first kappa shape index (κ1) is 16.6. The number of carbonyl (C=O) groups excluding carboxylic acids is 1. The van der Waals surface area contributed by atoms with Crippen molar-refractivity contribution in [3.8, 4) is 5.19 Å². The fourth-order valence-electron chi connectivity index (χ4n) is 3.68. The van der Waals surface area contributed by atoms with E-state index in [2.05, 4.69) is 33.8 Å². The minimum absolute atomic E-state index is 0.312. The van der Waals surface area contributed by atoms with Gasteiger partial charge in [0.25, 0.3) is 5.19 Å². The highest BCUT2D eigenvalue weighted by atomic mass is 32.1. The molecule has 2 aliphatic rings. The SMILES string of the molecule is COc1nnc(CN2CCC3(CCC(=O)N(C(C)C)C3)CC2)s1. The van der Waals surface area contributed by atoms with Crippen LogP contribution < -0.4 is 4.74 Å². The molecule has 2 aliphatic heterocycles. The largest absolute Gasteiger partial charge is 0.472 e. The first-order valence-electron chi connectivity index (χ1n) is 8.39. The predicted molar refractivity (Wildman–Crippen MR) is 89.5 cm³/mol. The van der Waals surface area contributed by atoms with Crippen LogP contribution in [0.4, 0.5) is 0 Å². The smallest absolute Gasteiger partial charge is 0.293 e. The molecule has 1 aromatic rings. The Bertz CT molecular complexity index is 552. The lowest BCUT2D eigenvalue weighted by Gasteiger charge is -2.48. The van der Waals surface area contributed by atoms with E-state index in [-0.39, 0.29) is 0 Å². The molecule has 0 aliphatic carbocycles. The van der Waals surface area contributed by atoms with Crippen LogP contribution in [0, 0.1) is 5.41 Å². The van der Waals surface area contributed by atoms with E-state index in [9.17, 15) is 4.79 Å². The van der Waals surface area contributed by atoms with Crippen LogP contribution in [0.25, 0.3) is 0 Å². The average Bonchev–Trinajstić information content (AvgIpc) is 3.00. The number of likely N-dealkylation sites (tertiary alicyclic amines) is 2. The lowest BCUT2D eigenvalue weighted by molar-refractivity contribution is -0.141. The van der Waals surface area contributed by atoms with Gasteiger partial charge in [0, 0.05) is 19.0 Å². The molecule has 1 aromatic heterocycles. The molecule has 3 rings (SSSR count). The van der Waals surface area contributed by atoms with Crippen molar-refractivity contribution < 1.29 is 9.53 Å². The van der Waals surface area contributed by atoms with Crippen LogP contribution >= 0.6 is 11.3 Å². The van der Waals surface area contributed by atoms with Crippen molar-refractivity contribution >= 4 is 17.2 Å². The van der Waals surface area contributed by atoms with Gasteiger partial charge in [0.15, 0.2) is 0 Å². The summed E-state index contributed by atoms with van der Waals surface area (Å²) in [5.41, 5.74) is 0.327. The van der Waals surface area contributed by atoms with E-state index in [4.69, 9.17) is 4.74 Å². The summed E-state index contributed by atoms with van der Waals surface area (Å²) in [4.78, 5) is 16.6. The Hall–Kier alpha value is -1.21. The normalized spacial score (nSPS) is 22.1. The van der Waals surface area contributed by atoms with Gasteiger partial charge in [0.05, 0.1) is 13.7 Å². The van der Waals surface area contributed by atoms with Crippen LogP contribution in [0.2, 0.25) is 0 Å². The lowest BCUT2D eigenvalue weighted by atomic mass is 9.72. The maximum atomic E-state index is 12.1. The molecule has 7 heteroatoms. The molecular weight excluding hydrogens is 312 g/mol. The first-order chi connectivity index (χ1) is 11.0. The van der Waals surface area contributed by atoms with Gasteiger partial charge in [0.1, 0.15) is 5.01 Å². The molecule has 3 heterocycles. The molecule has 0 bridgehead atoms. The van der Waals surface area contributed by atoms with E-state index in [1.165, 1.54) is 24.2 Å². The molecule has 128 valence electrons. The average molecular weight is 338 g/mol. The number of piperidine rings is 2. The molecule has 0 atom stereocenters. The number of ether oxygens (including phenoxy) is 1. The molecular formula is C16H26N4O2S. The van der Waals surface area contributed by atoms with Crippen LogP contribution in [0.3, 0.4) is 0 Å². The Balaban J connectivity index is 1.56. The quantitative estimate of drug-likeness (QED) is 0.842. The minimum Gasteiger partial charge on any atom is -0.472 e. The summed E-state index contributed by atoms with van der Waals surface area (Å²) in [5.74, 6) is 0.328. The second-order valence-corrected chi connectivity index (χ2v) is 8.08. The van der Waals surface area contributed by atoms with Gasteiger partial charge in [-0.05, 0) is 51.6 Å². The van der Waals surface area contributed by atoms with Gasteiger partial charge in [-0.15, -0.1) is 10.2 Å². The van der Waals surface area contributed by atoms with Crippen molar-refractivity contribution in [1.29, 1.82) is 0 Å². The van der Waals surface area contributed by atoms with Gasteiger partial charge in [-0.1, -0.05) is 11.3 Å². The number of aromatic nitrogens is 2. The zero-order valence-electron chi connectivity index (χ0n) is 14.2. The molecule has 0 aromatic carbocycles. The van der Waals surface area contributed by atoms with Crippen molar-refractivity contribution in [3.05, 3.63) is 5.01 Å². The number of hydrogen-bond donors (Lipinski definition) is 0. The molecule has 1 spiro atoms. The summed E-state index contributed by atoms with van der Waals surface area (Å²) >= 11 is 1.52. The zero-order valence-corrected chi connectivity index (χ0v) is 15.1. The van der Waals surface area contributed by atoms with Crippen LogP contribution in [0.1, 0.15) is 44.5 Å². The third-order valence-electron chi connectivity index (χ3n) is 5.22. The molecule has 6 nitrogen and oxygen atoms in total. The van der Waals surface area contributed by atoms with E-state index in [1.54, 1.807) is 7.11 Å². The minimum atomic E-state index is 0.312. The second-order valence-electron chi connectivity index (χ2n) is 7.06. The first-order valence-corrected chi connectivity index (χ1v) is 9.21. The predicted octanol–water partition coefficient (Wildman–Crippen LogP) is 2.16. The number of rotatable bonds is 4. The van der Waals surface area contributed by atoms with Gasteiger partial charge in [-0.2, -0.15) is 0 Å². The summed E-state index contributed by atoms with van der Waals surface area (Å²) < 4.78 is 5.11. The summed E-state index contributed by atoms with van der Waals surface area (Å²) in [6.07, 6.45) is 4.10. The van der Waals surface area contributed by atoms with Gasteiger partial charge >= 0.3 is 0 Å². The standard InChI is InChI=1S/C16H26N4O2S/c1-12(2)20-11-16(5-4-14(20)21)6-8-19(9-7-16)10-13-17-18-15(22-3)23-13/h12H,4-11H2,1-3H3. The van der Waals surface area contributed by atoms with E-state index in [1.807, 2.05) is 0 Å². The topological polar surface area (TPSA) is 58.6 Å². The van der Waals surface area contributed by atoms with E-state index in [0.29, 0.717) is 29.0 Å². The molecule has 0 radical (unpaired) electrons. The van der Waals surface area contributed by atoms with Crippen molar-refractivity contribution in [1.82, 2.24) is 20.0 Å². The third-order valence-corrected chi connectivity index (χ3v) is 6.09. The van der Waals surface area contributed by atoms with Crippen LogP contribution in [-0.2, 0) is 11.3 Å². The fraction of sp³-hybridized carbons (Fsp3) is 0.812. The Labute approximate surface area is 141 Å². The molecule has 2 saturated heterocycles. The zero-order chi connectivity index (χ0) is 16.4. The van der Waals surface area contributed by atoms with Crippen LogP contribution in [-0.4, -0.2) is 58.7 Å². The number of nitrogens with zero attached hydrogens (tertiary/aromatic N) is 4. The summed E-state index contributed by atoms with van der Waals surface area (Å²) in [5, 5.41) is 9.82. The number of carbonyl (C=O) groups is 1. The Morgan fingerprint density at radius 2 is 2.00 bits per heavy atom. The molecule has 1 amide bonds. The summed E-state index contributed by atoms with van der Waals surface area (Å²) in [6.45, 7) is 8.17. The van der Waals surface area contributed by atoms with Crippen LogP contribution in [0.5, 0.6) is 5.19 Å².